The molecule has 1 heterocycles. The van der Waals surface area contributed by atoms with Crippen molar-refractivity contribution < 1.29 is 33.0 Å². The fourth-order valence-corrected chi connectivity index (χ4v) is 3.84. The Balaban J connectivity index is 1.54. The van der Waals surface area contributed by atoms with Gasteiger partial charge in [0.2, 0.25) is 0 Å². The van der Waals surface area contributed by atoms with E-state index in [2.05, 4.69) is 10.6 Å². The Morgan fingerprint density at radius 3 is 2.58 bits per heavy atom. The fraction of sp³-hybridized carbons (Fsp3) is 0.111. The van der Waals surface area contributed by atoms with Crippen LogP contribution in [-0.4, -0.2) is 37.5 Å². The van der Waals surface area contributed by atoms with Crippen molar-refractivity contribution in [2.75, 3.05) is 23.9 Å². The maximum Gasteiger partial charge on any atom is 0.335 e. The number of rotatable bonds is 7. The molecule has 1 fully saturated rings. The van der Waals surface area contributed by atoms with Crippen LogP contribution in [0.1, 0.15) is 11.1 Å². The molecule has 38 heavy (non-hydrogen) atoms. The lowest BCUT2D eigenvalue weighted by Gasteiger charge is -2.27. The molecule has 1 saturated heterocycles. The van der Waals surface area contributed by atoms with Crippen molar-refractivity contribution in [2.24, 2.45) is 0 Å². The van der Waals surface area contributed by atoms with Crippen molar-refractivity contribution in [1.29, 1.82) is 0 Å². The van der Waals surface area contributed by atoms with Crippen molar-refractivity contribution in [3.05, 3.63) is 88.2 Å². The number of barbiturate groups is 1. The van der Waals surface area contributed by atoms with Crippen LogP contribution in [0.25, 0.3) is 6.08 Å². The van der Waals surface area contributed by atoms with E-state index in [1.54, 1.807) is 31.2 Å². The highest BCUT2D eigenvalue weighted by atomic mass is 35.5. The lowest BCUT2D eigenvalue weighted by Crippen LogP contribution is -2.54. The molecule has 0 radical (unpaired) electrons. The first-order chi connectivity index (χ1) is 18.2. The van der Waals surface area contributed by atoms with Gasteiger partial charge in [-0.3, -0.25) is 19.7 Å². The SMILES string of the molecule is COc1cc(/C=C2/C(=O)NC(=O)N(c3cccc(Cl)c3C)C2=O)ccc1OCC(=O)Nc1ccccc1F. The highest BCUT2D eigenvalue weighted by molar-refractivity contribution is 6.40. The maximum absolute atomic E-state index is 13.7. The number of benzene rings is 3. The molecule has 3 aromatic rings. The van der Waals surface area contributed by atoms with E-state index in [0.717, 1.165) is 4.90 Å². The zero-order chi connectivity index (χ0) is 27.4. The number of nitrogens with one attached hydrogen (secondary N) is 2. The highest BCUT2D eigenvalue weighted by Crippen LogP contribution is 2.32. The van der Waals surface area contributed by atoms with Gasteiger partial charge in [-0.15, -0.1) is 0 Å². The Morgan fingerprint density at radius 1 is 1.08 bits per heavy atom. The Bertz CT molecular complexity index is 1490. The van der Waals surface area contributed by atoms with Gasteiger partial charge in [-0.25, -0.2) is 14.1 Å². The Labute approximate surface area is 221 Å². The smallest absolute Gasteiger partial charge is 0.335 e. The summed E-state index contributed by atoms with van der Waals surface area (Å²) in [5, 5.41) is 4.93. The molecule has 9 nitrogen and oxygen atoms in total. The Kier molecular flexibility index (Phi) is 7.73. The van der Waals surface area contributed by atoms with Crippen LogP contribution in [-0.2, 0) is 14.4 Å². The number of imide groups is 2. The van der Waals surface area contributed by atoms with Crippen LogP contribution in [0.3, 0.4) is 0 Å². The van der Waals surface area contributed by atoms with Gasteiger partial charge in [0.05, 0.1) is 18.5 Å². The van der Waals surface area contributed by atoms with E-state index in [9.17, 15) is 23.6 Å². The summed E-state index contributed by atoms with van der Waals surface area (Å²) in [4.78, 5) is 51.2. The number of halogens is 2. The van der Waals surface area contributed by atoms with E-state index >= 15 is 0 Å². The van der Waals surface area contributed by atoms with Gasteiger partial charge in [0, 0.05) is 5.02 Å². The number of ether oxygens (including phenoxy) is 2. The summed E-state index contributed by atoms with van der Waals surface area (Å²) in [6.07, 6.45) is 1.30. The second-order valence-electron chi connectivity index (χ2n) is 8.07. The zero-order valence-corrected chi connectivity index (χ0v) is 21.0. The van der Waals surface area contributed by atoms with Crippen molar-refractivity contribution in [3.8, 4) is 11.5 Å². The summed E-state index contributed by atoms with van der Waals surface area (Å²) >= 11 is 6.15. The van der Waals surface area contributed by atoms with Crippen molar-refractivity contribution in [2.45, 2.75) is 6.92 Å². The normalized spacial score (nSPS) is 14.4. The average Bonchev–Trinajstić information content (AvgIpc) is 2.89. The third-order valence-electron chi connectivity index (χ3n) is 5.59. The Morgan fingerprint density at radius 2 is 1.84 bits per heavy atom. The van der Waals surface area contributed by atoms with E-state index in [4.69, 9.17) is 21.1 Å². The van der Waals surface area contributed by atoms with Crippen LogP contribution >= 0.6 is 11.6 Å². The quantitative estimate of drug-likeness (QED) is 0.339. The van der Waals surface area contributed by atoms with E-state index < -0.39 is 36.2 Å². The number of amides is 5. The molecule has 0 saturated carbocycles. The van der Waals surface area contributed by atoms with Crippen molar-refractivity contribution in [3.63, 3.8) is 0 Å². The summed E-state index contributed by atoms with van der Waals surface area (Å²) in [5.74, 6) is -2.45. The van der Waals surface area contributed by atoms with Gasteiger partial charge in [-0.2, -0.15) is 0 Å². The lowest BCUT2D eigenvalue weighted by atomic mass is 10.1. The lowest BCUT2D eigenvalue weighted by molar-refractivity contribution is -0.122. The minimum Gasteiger partial charge on any atom is -0.493 e. The molecule has 0 atom stereocenters. The van der Waals surface area contributed by atoms with E-state index in [0.29, 0.717) is 16.1 Å². The molecule has 0 bridgehead atoms. The van der Waals surface area contributed by atoms with E-state index in [1.807, 2.05) is 0 Å². The number of hydrogen-bond donors (Lipinski definition) is 2. The predicted octanol–water partition coefficient (Wildman–Crippen LogP) is 4.48. The number of anilines is 2. The molecule has 0 spiro atoms. The number of para-hydroxylation sites is 1. The third-order valence-corrected chi connectivity index (χ3v) is 6.00. The van der Waals surface area contributed by atoms with E-state index in [1.165, 1.54) is 49.6 Å². The average molecular weight is 538 g/mol. The van der Waals surface area contributed by atoms with Crippen molar-refractivity contribution >= 4 is 52.8 Å². The second kappa shape index (κ2) is 11.1. The predicted molar refractivity (Wildman–Crippen MR) is 139 cm³/mol. The molecule has 194 valence electrons. The minimum absolute atomic E-state index is 0.0194. The first-order valence-electron chi connectivity index (χ1n) is 11.2. The van der Waals surface area contributed by atoms with Gasteiger partial charge < -0.3 is 14.8 Å². The van der Waals surface area contributed by atoms with Crippen LogP contribution in [0.15, 0.2) is 66.2 Å². The van der Waals surface area contributed by atoms with Crippen LogP contribution in [0.4, 0.5) is 20.6 Å². The topological polar surface area (TPSA) is 114 Å². The van der Waals surface area contributed by atoms with Gasteiger partial charge >= 0.3 is 6.03 Å². The number of carbonyl (C=O) groups is 4. The summed E-state index contributed by atoms with van der Waals surface area (Å²) in [6.45, 7) is 1.22. The van der Waals surface area contributed by atoms with Gasteiger partial charge in [-0.05, 0) is 60.5 Å². The van der Waals surface area contributed by atoms with Gasteiger partial charge in [0.25, 0.3) is 17.7 Å². The molecule has 5 amide bonds. The molecule has 11 heteroatoms. The summed E-state index contributed by atoms with van der Waals surface area (Å²) in [7, 11) is 1.37. The summed E-state index contributed by atoms with van der Waals surface area (Å²) in [6, 6.07) is 14.1. The molecule has 1 aliphatic heterocycles. The zero-order valence-electron chi connectivity index (χ0n) is 20.2. The van der Waals surface area contributed by atoms with Crippen molar-refractivity contribution in [1.82, 2.24) is 5.32 Å². The molecule has 1 aliphatic rings. The number of hydrogen-bond acceptors (Lipinski definition) is 6. The van der Waals surface area contributed by atoms with E-state index in [-0.39, 0.29) is 28.4 Å². The minimum atomic E-state index is -0.891. The van der Waals surface area contributed by atoms with Gasteiger partial charge in [0.15, 0.2) is 18.1 Å². The number of nitrogens with zero attached hydrogens (tertiary/aromatic N) is 1. The molecule has 3 aromatic carbocycles. The maximum atomic E-state index is 13.7. The monoisotopic (exact) mass is 537 g/mol. The molecule has 0 aromatic heterocycles. The van der Waals surface area contributed by atoms with Crippen LogP contribution in [0, 0.1) is 12.7 Å². The van der Waals surface area contributed by atoms with Gasteiger partial charge in [-0.1, -0.05) is 35.9 Å². The highest BCUT2D eigenvalue weighted by Gasteiger charge is 2.37. The van der Waals surface area contributed by atoms with Crippen LogP contribution < -0.4 is 25.0 Å². The first-order valence-corrected chi connectivity index (χ1v) is 11.6. The summed E-state index contributed by atoms with van der Waals surface area (Å²) < 4.78 is 24.6. The Hall–Kier alpha value is -4.70. The fourth-order valence-electron chi connectivity index (χ4n) is 3.67. The number of urea groups is 1. The van der Waals surface area contributed by atoms with Crippen LogP contribution in [0.2, 0.25) is 5.02 Å². The molecular weight excluding hydrogens is 517 g/mol. The molecular formula is C27H21ClFN3O6. The standard InChI is InChI=1S/C27H21ClFN3O6/c1-15-18(28)6-5-9-21(15)32-26(35)17(25(34)31-27(32)36)12-16-10-11-22(23(13-16)37-2)38-14-24(33)30-20-8-4-3-7-19(20)29/h3-13H,14H2,1-2H3,(H,30,33)(H,31,34,36)/b17-12-. The third kappa shape index (κ3) is 5.50. The largest absolute Gasteiger partial charge is 0.493 e. The molecule has 0 unspecified atom stereocenters. The molecule has 4 rings (SSSR count). The number of carbonyl (C=O) groups excluding carboxylic acids is 4. The van der Waals surface area contributed by atoms with Crippen LogP contribution in [0.5, 0.6) is 11.5 Å². The second-order valence-corrected chi connectivity index (χ2v) is 8.48. The number of methoxy groups -OCH3 is 1. The summed E-state index contributed by atoms with van der Waals surface area (Å²) in [5.41, 5.74) is 0.859. The molecule has 2 N–H and O–H groups in total. The first kappa shape index (κ1) is 26.4. The van der Waals surface area contributed by atoms with Gasteiger partial charge in [0.1, 0.15) is 11.4 Å². The molecule has 0 aliphatic carbocycles.